The second kappa shape index (κ2) is 7.68. The summed E-state index contributed by atoms with van der Waals surface area (Å²) in [4.78, 5) is 0.0716. The van der Waals surface area contributed by atoms with Gasteiger partial charge in [0.05, 0.1) is 11.6 Å². The van der Waals surface area contributed by atoms with Gasteiger partial charge in [0.15, 0.2) is 0 Å². The van der Waals surface area contributed by atoms with Crippen LogP contribution >= 0.6 is 0 Å². The van der Waals surface area contributed by atoms with Crippen LogP contribution in [0.4, 0.5) is 0 Å². The molecule has 0 aliphatic carbocycles. The van der Waals surface area contributed by atoms with Gasteiger partial charge in [-0.25, -0.2) is 0 Å². The summed E-state index contributed by atoms with van der Waals surface area (Å²) in [5.74, 6) is 0.167. The minimum Gasteiger partial charge on any atom is -0.378 e. The molecular weight excluding hydrogens is 346 g/mol. The van der Waals surface area contributed by atoms with Crippen molar-refractivity contribution in [2.75, 3.05) is 0 Å². The molecule has 0 bridgehead atoms. The van der Waals surface area contributed by atoms with Gasteiger partial charge in [0.1, 0.15) is 10.6 Å². The topological polar surface area (TPSA) is 67.2 Å². The van der Waals surface area contributed by atoms with E-state index in [4.69, 9.17) is 4.18 Å². The third-order valence-electron chi connectivity index (χ3n) is 3.66. The van der Waals surface area contributed by atoms with Crippen LogP contribution in [-0.2, 0) is 10.1 Å². The molecule has 0 heterocycles. The lowest BCUT2D eigenvalue weighted by atomic mass is 10.0. The van der Waals surface area contributed by atoms with Gasteiger partial charge in [0.25, 0.3) is 0 Å². The van der Waals surface area contributed by atoms with E-state index in [1.54, 1.807) is 48.5 Å². The van der Waals surface area contributed by atoms with Crippen LogP contribution in [0.15, 0.2) is 89.8 Å². The van der Waals surface area contributed by atoms with Crippen molar-refractivity contribution in [2.45, 2.75) is 4.90 Å². The van der Waals surface area contributed by atoms with Gasteiger partial charge in [-0.1, -0.05) is 66.7 Å². The van der Waals surface area contributed by atoms with E-state index in [1.807, 2.05) is 30.3 Å². The number of nitriles is 1. The Bertz CT molecular complexity index is 1070. The standard InChI is InChI=1S/C21H15NO3S/c22-16-19(17-9-3-1-4-10-17)15-18-11-7-8-14-21(18)25-26(23,24)20-12-5-2-6-13-20/h1-15H/b19-15+. The molecule has 26 heavy (non-hydrogen) atoms. The molecule has 0 aromatic heterocycles. The van der Waals surface area contributed by atoms with Crippen molar-refractivity contribution in [3.8, 4) is 11.8 Å². The Morgan fingerprint density at radius 3 is 2.08 bits per heavy atom. The largest absolute Gasteiger partial charge is 0.378 e. The molecule has 0 unspecified atom stereocenters. The van der Waals surface area contributed by atoms with Crippen molar-refractivity contribution in [1.29, 1.82) is 5.26 Å². The summed E-state index contributed by atoms with van der Waals surface area (Å²) in [6.45, 7) is 0. The summed E-state index contributed by atoms with van der Waals surface area (Å²) in [5, 5.41) is 9.46. The maximum Gasteiger partial charge on any atom is 0.339 e. The number of nitrogens with zero attached hydrogens (tertiary/aromatic N) is 1. The minimum absolute atomic E-state index is 0.0716. The van der Waals surface area contributed by atoms with E-state index >= 15 is 0 Å². The van der Waals surface area contributed by atoms with Crippen molar-refractivity contribution >= 4 is 21.8 Å². The molecule has 3 aromatic rings. The number of benzene rings is 3. The van der Waals surface area contributed by atoms with Gasteiger partial charge >= 0.3 is 10.1 Å². The summed E-state index contributed by atoms with van der Waals surface area (Å²) in [7, 11) is -3.96. The molecule has 0 amide bonds. The molecule has 5 heteroatoms. The highest BCUT2D eigenvalue weighted by atomic mass is 32.2. The Morgan fingerprint density at radius 1 is 0.846 bits per heavy atom. The Labute approximate surface area is 152 Å². The van der Waals surface area contributed by atoms with E-state index in [-0.39, 0.29) is 10.6 Å². The minimum atomic E-state index is -3.96. The summed E-state index contributed by atoms with van der Waals surface area (Å²) in [5.41, 5.74) is 1.67. The lowest BCUT2D eigenvalue weighted by Crippen LogP contribution is -2.10. The van der Waals surface area contributed by atoms with E-state index in [1.165, 1.54) is 12.1 Å². The second-order valence-electron chi connectivity index (χ2n) is 5.42. The van der Waals surface area contributed by atoms with Crippen molar-refractivity contribution in [2.24, 2.45) is 0 Å². The quantitative estimate of drug-likeness (QED) is 0.381. The van der Waals surface area contributed by atoms with Crippen molar-refractivity contribution in [3.05, 3.63) is 96.1 Å². The van der Waals surface area contributed by atoms with Gasteiger partial charge in [-0.2, -0.15) is 13.7 Å². The molecule has 0 N–H and O–H groups in total. The molecule has 0 aliphatic rings. The highest BCUT2D eigenvalue weighted by molar-refractivity contribution is 7.87. The lowest BCUT2D eigenvalue weighted by molar-refractivity contribution is 0.485. The summed E-state index contributed by atoms with van der Waals surface area (Å²) < 4.78 is 30.3. The molecule has 0 aliphatic heterocycles. The zero-order chi connectivity index (χ0) is 18.4. The van der Waals surface area contributed by atoms with Gasteiger partial charge in [-0.05, 0) is 29.8 Å². The van der Waals surface area contributed by atoms with Crippen LogP contribution in [0.5, 0.6) is 5.75 Å². The van der Waals surface area contributed by atoms with Crippen LogP contribution in [0.3, 0.4) is 0 Å². The van der Waals surface area contributed by atoms with Crippen LogP contribution in [0.2, 0.25) is 0 Å². The first-order chi connectivity index (χ1) is 12.6. The third-order valence-corrected chi connectivity index (χ3v) is 4.90. The molecule has 0 saturated heterocycles. The predicted molar refractivity (Wildman–Crippen MR) is 101 cm³/mol. The monoisotopic (exact) mass is 361 g/mol. The van der Waals surface area contributed by atoms with Gasteiger partial charge in [-0.3, -0.25) is 0 Å². The van der Waals surface area contributed by atoms with E-state index in [9.17, 15) is 13.7 Å². The highest BCUT2D eigenvalue weighted by Gasteiger charge is 2.17. The summed E-state index contributed by atoms with van der Waals surface area (Å²) in [6, 6.07) is 26.0. The van der Waals surface area contributed by atoms with Crippen LogP contribution in [0.25, 0.3) is 11.6 Å². The van der Waals surface area contributed by atoms with Crippen LogP contribution in [0, 0.1) is 11.3 Å². The van der Waals surface area contributed by atoms with Crippen molar-refractivity contribution in [1.82, 2.24) is 0 Å². The number of hydrogen-bond donors (Lipinski definition) is 0. The zero-order valence-corrected chi connectivity index (χ0v) is 14.6. The predicted octanol–water partition coefficient (Wildman–Crippen LogP) is 4.52. The van der Waals surface area contributed by atoms with E-state index in [0.717, 1.165) is 5.56 Å². The van der Waals surface area contributed by atoms with Crippen LogP contribution in [0.1, 0.15) is 11.1 Å². The normalized spacial score (nSPS) is 11.6. The van der Waals surface area contributed by atoms with Crippen LogP contribution in [-0.4, -0.2) is 8.42 Å². The molecule has 4 nitrogen and oxygen atoms in total. The van der Waals surface area contributed by atoms with Gasteiger partial charge in [-0.15, -0.1) is 0 Å². The first kappa shape index (κ1) is 17.5. The average Bonchev–Trinajstić information content (AvgIpc) is 2.68. The molecular formula is C21H15NO3S. The number of allylic oxidation sites excluding steroid dienone is 1. The number of rotatable bonds is 5. The molecule has 0 spiro atoms. The number of hydrogen-bond acceptors (Lipinski definition) is 4. The van der Waals surface area contributed by atoms with Crippen molar-refractivity contribution < 1.29 is 12.6 Å². The third kappa shape index (κ3) is 4.00. The van der Waals surface area contributed by atoms with E-state index in [0.29, 0.717) is 11.1 Å². The Morgan fingerprint density at radius 2 is 1.42 bits per heavy atom. The average molecular weight is 361 g/mol. The van der Waals surface area contributed by atoms with Gasteiger partial charge in [0.2, 0.25) is 0 Å². The zero-order valence-electron chi connectivity index (χ0n) is 13.7. The first-order valence-corrected chi connectivity index (χ1v) is 9.27. The maximum absolute atomic E-state index is 12.5. The molecule has 128 valence electrons. The summed E-state index contributed by atoms with van der Waals surface area (Å²) in [6.07, 6.45) is 1.62. The fourth-order valence-electron chi connectivity index (χ4n) is 2.38. The van der Waals surface area contributed by atoms with Gasteiger partial charge in [0, 0.05) is 5.56 Å². The molecule has 0 fully saturated rings. The van der Waals surface area contributed by atoms with Crippen molar-refractivity contribution in [3.63, 3.8) is 0 Å². The molecule has 0 radical (unpaired) electrons. The highest BCUT2D eigenvalue weighted by Crippen LogP contribution is 2.27. The molecule has 3 rings (SSSR count). The smallest absolute Gasteiger partial charge is 0.339 e. The first-order valence-electron chi connectivity index (χ1n) is 7.86. The molecule has 0 atom stereocenters. The molecule has 3 aromatic carbocycles. The summed E-state index contributed by atoms with van der Waals surface area (Å²) >= 11 is 0. The lowest BCUT2D eigenvalue weighted by Gasteiger charge is -2.10. The van der Waals surface area contributed by atoms with Crippen LogP contribution < -0.4 is 4.18 Å². The Kier molecular flexibility index (Phi) is 5.16. The van der Waals surface area contributed by atoms with E-state index in [2.05, 4.69) is 6.07 Å². The van der Waals surface area contributed by atoms with Gasteiger partial charge < -0.3 is 4.18 Å². The fourth-order valence-corrected chi connectivity index (χ4v) is 3.36. The SMILES string of the molecule is N#C/C(=C\c1ccccc1OS(=O)(=O)c1ccccc1)c1ccccc1. The second-order valence-corrected chi connectivity index (χ2v) is 6.97. The Balaban J connectivity index is 1.99. The number of para-hydroxylation sites is 1. The van der Waals surface area contributed by atoms with E-state index < -0.39 is 10.1 Å². The maximum atomic E-state index is 12.5. The Hall–Kier alpha value is -3.36. The fraction of sp³-hybridized carbons (Fsp3) is 0. The molecule has 0 saturated carbocycles.